The first-order valence-electron chi connectivity index (χ1n) is 9.61. The van der Waals surface area contributed by atoms with E-state index in [-0.39, 0.29) is 11.6 Å². The Morgan fingerprint density at radius 1 is 1.06 bits per heavy atom. The maximum absolute atomic E-state index is 12.6. The van der Waals surface area contributed by atoms with Crippen LogP contribution in [-0.4, -0.2) is 32.4 Å². The first kappa shape index (κ1) is 20.0. The fourth-order valence-electron chi connectivity index (χ4n) is 3.15. The predicted molar refractivity (Wildman–Crippen MR) is 116 cm³/mol. The average Bonchev–Trinajstić information content (AvgIpc) is 3.17. The molecule has 0 saturated heterocycles. The van der Waals surface area contributed by atoms with E-state index in [0.717, 1.165) is 11.4 Å². The van der Waals surface area contributed by atoms with Crippen molar-refractivity contribution in [1.29, 1.82) is 0 Å². The molecule has 0 aliphatic carbocycles. The van der Waals surface area contributed by atoms with Crippen LogP contribution in [0.5, 0.6) is 5.75 Å². The molecule has 1 heterocycles. The van der Waals surface area contributed by atoms with Crippen molar-refractivity contribution in [2.24, 2.45) is 0 Å². The number of hydrogen-bond acceptors (Lipinski definition) is 6. The van der Waals surface area contributed by atoms with Crippen LogP contribution in [0.2, 0.25) is 0 Å². The van der Waals surface area contributed by atoms with Gasteiger partial charge in [-0.15, -0.1) is 10.2 Å². The van der Waals surface area contributed by atoms with Gasteiger partial charge in [0.25, 0.3) is 11.6 Å². The molecule has 4 aromatic rings. The highest BCUT2D eigenvalue weighted by Gasteiger charge is 2.14. The van der Waals surface area contributed by atoms with Gasteiger partial charge in [-0.05, 0) is 68.4 Å². The minimum Gasteiger partial charge on any atom is -0.494 e. The number of anilines is 1. The summed E-state index contributed by atoms with van der Waals surface area (Å²) >= 11 is 0. The van der Waals surface area contributed by atoms with Gasteiger partial charge in [0, 0.05) is 22.9 Å². The summed E-state index contributed by atoms with van der Waals surface area (Å²) in [7, 11) is 0. The molecule has 156 valence electrons. The molecule has 0 unspecified atom stereocenters. The van der Waals surface area contributed by atoms with E-state index in [1.165, 1.54) is 23.0 Å². The second-order valence-electron chi connectivity index (χ2n) is 6.83. The molecule has 4 rings (SSSR count). The number of aromatic nitrogens is 3. The number of hydrogen-bond donors (Lipinski definition) is 1. The van der Waals surface area contributed by atoms with Crippen LogP contribution in [0.15, 0.2) is 60.7 Å². The van der Waals surface area contributed by atoms with E-state index in [4.69, 9.17) is 4.74 Å². The van der Waals surface area contributed by atoms with Crippen molar-refractivity contribution in [3.8, 4) is 11.4 Å². The summed E-state index contributed by atoms with van der Waals surface area (Å²) in [4.78, 5) is 24.6. The summed E-state index contributed by atoms with van der Waals surface area (Å²) in [5, 5.41) is 22.7. The summed E-state index contributed by atoms with van der Waals surface area (Å²) < 4.78 is 5.45. The van der Waals surface area contributed by atoms with Gasteiger partial charge in [-0.1, -0.05) is 0 Å². The summed E-state index contributed by atoms with van der Waals surface area (Å²) in [5.41, 5.74) is 3.36. The molecule has 0 fully saturated rings. The van der Waals surface area contributed by atoms with Gasteiger partial charge in [0.05, 0.1) is 17.2 Å². The molecule has 0 saturated carbocycles. The Kier molecular flexibility index (Phi) is 5.31. The molecule has 0 radical (unpaired) electrons. The number of fused-ring (bicyclic) bond motifs is 1. The van der Waals surface area contributed by atoms with E-state index in [0.29, 0.717) is 34.5 Å². The maximum atomic E-state index is 12.6. The van der Waals surface area contributed by atoms with Crippen molar-refractivity contribution < 1.29 is 14.5 Å². The number of ether oxygens (including phenoxy) is 1. The first-order valence-corrected chi connectivity index (χ1v) is 9.61. The highest BCUT2D eigenvalue weighted by Crippen LogP contribution is 2.22. The topological polar surface area (TPSA) is 112 Å². The minimum atomic E-state index is -0.474. The number of nitro groups is 1. The third-order valence-electron chi connectivity index (χ3n) is 4.67. The molecule has 9 nitrogen and oxygen atoms in total. The molecule has 0 atom stereocenters. The zero-order valence-corrected chi connectivity index (χ0v) is 16.9. The standard InChI is InChI=1S/C22H19N5O4/c1-3-31-18-8-6-17(7-9-18)26-24-19-10-5-16(13-20(19)25-26)23-22(28)15-4-11-21(27(29)30)14(2)12-15/h4-13H,3H2,1-2H3,(H,23,28). The Balaban J connectivity index is 1.55. The van der Waals surface area contributed by atoms with E-state index in [1.54, 1.807) is 25.1 Å². The summed E-state index contributed by atoms with van der Waals surface area (Å²) in [6, 6.07) is 16.9. The van der Waals surface area contributed by atoms with Gasteiger partial charge < -0.3 is 10.1 Å². The van der Waals surface area contributed by atoms with Crippen molar-refractivity contribution in [3.05, 3.63) is 81.9 Å². The van der Waals surface area contributed by atoms with Gasteiger partial charge >= 0.3 is 0 Å². The predicted octanol–water partition coefficient (Wildman–Crippen LogP) is 4.29. The molecule has 1 aromatic heterocycles. The second kappa shape index (κ2) is 8.23. The molecular formula is C22H19N5O4. The lowest BCUT2D eigenvalue weighted by Crippen LogP contribution is -2.12. The fourth-order valence-corrected chi connectivity index (χ4v) is 3.15. The van der Waals surface area contributed by atoms with E-state index >= 15 is 0 Å². The molecule has 9 heteroatoms. The van der Waals surface area contributed by atoms with Gasteiger partial charge in [0.1, 0.15) is 16.8 Å². The van der Waals surface area contributed by atoms with Gasteiger partial charge in [0.15, 0.2) is 0 Å². The second-order valence-corrected chi connectivity index (χ2v) is 6.83. The minimum absolute atomic E-state index is 0.0242. The number of nitrogens with one attached hydrogen (secondary N) is 1. The van der Waals surface area contributed by atoms with Crippen molar-refractivity contribution in [2.75, 3.05) is 11.9 Å². The smallest absolute Gasteiger partial charge is 0.272 e. The first-order chi connectivity index (χ1) is 14.9. The van der Waals surface area contributed by atoms with Gasteiger partial charge in [-0.3, -0.25) is 14.9 Å². The van der Waals surface area contributed by atoms with Crippen LogP contribution in [0.25, 0.3) is 16.7 Å². The number of carbonyl (C=O) groups is 1. The van der Waals surface area contributed by atoms with Crippen molar-refractivity contribution >= 4 is 28.3 Å². The van der Waals surface area contributed by atoms with E-state index in [2.05, 4.69) is 15.5 Å². The molecule has 0 aliphatic rings. The largest absolute Gasteiger partial charge is 0.494 e. The summed E-state index contributed by atoms with van der Waals surface area (Å²) in [6.07, 6.45) is 0. The van der Waals surface area contributed by atoms with E-state index in [1.807, 2.05) is 31.2 Å². The average molecular weight is 417 g/mol. The summed E-state index contributed by atoms with van der Waals surface area (Å²) in [6.45, 7) is 4.12. The van der Waals surface area contributed by atoms with E-state index < -0.39 is 4.92 Å². The number of aryl methyl sites for hydroxylation is 1. The Hall–Kier alpha value is -4.27. The van der Waals surface area contributed by atoms with Crippen molar-refractivity contribution in [3.63, 3.8) is 0 Å². The molecule has 0 aliphatic heterocycles. The van der Waals surface area contributed by atoms with Crippen molar-refractivity contribution in [2.45, 2.75) is 13.8 Å². The van der Waals surface area contributed by atoms with E-state index in [9.17, 15) is 14.9 Å². The highest BCUT2D eigenvalue weighted by atomic mass is 16.6. The maximum Gasteiger partial charge on any atom is 0.272 e. The monoisotopic (exact) mass is 417 g/mol. The number of benzene rings is 3. The number of rotatable bonds is 6. The number of nitro benzene ring substituents is 1. The molecule has 3 aromatic carbocycles. The van der Waals surface area contributed by atoms with Crippen LogP contribution in [0, 0.1) is 17.0 Å². The Morgan fingerprint density at radius 3 is 2.48 bits per heavy atom. The van der Waals surface area contributed by atoms with Crippen LogP contribution < -0.4 is 10.1 Å². The molecular weight excluding hydrogens is 398 g/mol. The fraction of sp³-hybridized carbons (Fsp3) is 0.136. The molecule has 31 heavy (non-hydrogen) atoms. The molecule has 0 spiro atoms. The zero-order chi connectivity index (χ0) is 22.0. The van der Waals surface area contributed by atoms with Crippen LogP contribution in [0.4, 0.5) is 11.4 Å². The zero-order valence-electron chi connectivity index (χ0n) is 16.9. The van der Waals surface area contributed by atoms with Crippen LogP contribution in [0.1, 0.15) is 22.8 Å². The third-order valence-corrected chi connectivity index (χ3v) is 4.67. The molecule has 1 amide bonds. The SMILES string of the molecule is CCOc1ccc(-n2nc3ccc(NC(=O)c4ccc([N+](=O)[O-])c(C)c4)cc3n2)cc1. The number of nitrogens with zero attached hydrogens (tertiary/aromatic N) is 4. The lowest BCUT2D eigenvalue weighted by atomic mass is 10.1. The van der Waals surface area contributed by atoms with Crippen LogP contribution >= 0.6 is 0 Å². The number of amides is 1. The molecule has 0 bridgehead atoms. The van der Waals surface area contributed by atoms with Crippen LogP contribution in [0.3, 0.4) is 0 Å². The van der Waals surface area contributed by atoms with Crippen molar-refractivity contribution in [1.82, 2.24) is 15.0 Å². The number of carbonyl (C=O) groups excluding carboxylic acids is 1. The Labute approximate surface area is 177 Å². The Bertz CT molecular complexity index is 1280. The lowest BCUT2D eigenvalue weighted by molar-refractivity contribution is -0.385. The van der Waals surface area contributed by atoms with Gasteiger partial charge in [-0.2, -0.15) is 4.80 Å². The molecule has 1 N–H and O–H groups in total. The summed E-state index contributed by atoms with van der Waals surface area (Å²) in [5.74, 6) is 0.408. The third kappa shape index (κ3) is 4.20. The highest BCUT2D eigenvalue weighted by molar-refractivity contribution is 6.05. The van der Waals surface area contributed by atoms with Gasteiger partial charge in [0.2, 0.25) is 0 Å². The van der Waals surface area contributed by atoms with Gasteiger partial charge in [-0.25, -0.2) is 0 Å². The Morgan fingerprint density at radius 2 is 1.81 bits per heavy atom. The van der Waals surface area contributed by atoms with Crippen LogP contribution in [-0.2, 0) is 0 Å². The normalized spacial score (nSPS) is 10.8. The lowest BCUT2D eigenvalue weighted by Gasteiger charge is -2.06. The quantitative estimate of drug-likeness (QED) is 0.370.